The van der Waals surface area contributed by atoms with Crippen LogP contribution in [-0.2, 0) is 19.0 Å². The average molecular weight is 297 g/mol. The standard InChI is InChI=1S/C15H23NO5/c1-18-11-12-19-8-4-9-21-15(17)7-10-20-14-6-3-2-5-13(14)16/h2-3,5-6H,4,7-12,16H2,1H3. The Morgan fingerprint density at radius 3 is 2.67 bits per heavy atom. The molecule has 118 valence electrons. The summed E-state index contributed by atoms with van der Waals surface area (Å²) in [5.41, 5.74) is 6.28. The third kappa shape index (κ3) is 8.16. The highest BCUT2D eigenvalue weighted by atomic mass is 16.5. The van der Waals surface area contributed by atoms with Crippen LogP contribution in [0.1, 0.15) is 12.8 Å². The van der Waals surface area contributed by atoms with Crippen molar-refractivity contribution in [3.63, 3.8) is 0 Å². The second-order valence-corrected chi connectivity index (χ2v) is 4.32. The van der Waals surface area contributed by atoms with E-state index < -0.39 is 0 Å². The van der Waals surface area contributed by atoms with Crippen LogP contribution < -0.4 is 10.5 Å². The maximum absolute atomic E-state index is 11.5. The van der Waals surface area contributed by atoms with Crippen molar-refractivity contribution in [2.24, 2.45) is 0 Å². The van der Waals surface area contributed by atoms with E-state index in [-0.39, 0.29) is 19.0 Å². The van der Waals surface area contributed by atoms with Crippen molar-refractivity contribution < 1.29 is 23.7 Å². The van der Waals surface area contributed by atoms with Crippen LogP contribution in [0.25, 0.3) is 0 Å². The topological polar surface area (TPSA) is 80.0 Å². The molecule has 1 aromatic rings. The lowest BCUT2D eigenvalue weighted by molar-refractivity contribution is -0.144. The Morgan fingerprint density at radius 1 is 1.10 bits per heavy atom. The molecule has 0 fully saturated rings. The number of carbonyl (C=O) groups is 1. The first-order chi connectivity index (χ1) is 10.2. The van der Waals surface area contributed by atoms with Gasteiger partial charge in [-0.2, -0.15) is 0 Å². The van der Waals surface area contributed by atoms with Crippen molar-refractivity contribution in [1.29, 1.82) is 0 Å². The van der Waals surface area contributed by atoms with E-state index in [0.29, 0.717) is 44.3 Å². The first kappa shape index (κ1) is 17.3. The van der Waals surface area contributed by atoms with Gasteiger partial charge in [0.2, 0.25) is 0 Å². The number of anilines is 1. The van der Waals surface area contributed by atoms with Crippen molar-refractivity contribution in [1.82, 2.24) is 0 Å². The summed E-state index contributed by atoms with van der Waals surface area (Å²) < 4.78 is 20.6. The van der Waals surface area contributed by atoms with Crippen molar-refractivity contribution in [3.05, 3.63) is 24.3 Å². The molecule has 0 spiro atoms. The van der Waals surface area contributed by atoms with Gasteiger partial charge in [-0.1, -0.05) is 12.1 Å². The summed E-state index contributed by atoms with van der Waals surface area (Å²) >= 11 is 0. The lowest BCUT2D eigenvalue weighted by Gasteiger charge is -2.08. The van der Waals surface area contributed by atoms with Crippen LogP contribution in [0.4, 0.5) is 5.69 Å². The van der Waals surface area contributed by atoms with Crippen LogP contribution in [0.2, 0.25) is 0 Å². The zero-order chi connectivity index (χ0) is 15.3. The summed E-state index contributed by atoms with van der Waals surface area (Å²) in [7, 11) is 1.62. The van der Waals surface area contributed by atoms with Gasteiger partial charge in [-0.25, -0.2) is 0 Å². The van der Waals surface area contributed by atoms with E-state index >= 15 is 0 Å². The second-order valence-electron chi connectivity index (χ2n) is 4.32. The fourth-order valence-corrected chi connectivity index (χ4v) is 1.52. The van der Waals surface area contributed by atoms with Crippen LogP contribution in [0.15, 0.2) is 24.3 Å². The number of esters is 1. The molecule has 0 aliphatic rings. The molecule has 0 aliphatic carbocycles. The summed E-state index contributed by atoms with van der Waals surface area (Å²) in [5, 5.41) is 0. The van der Waals surface area contributed by atoms with Gasteiger partial charge in [0.1, 0.15) is 5.75 Å². The van der Waals surface area contributed by atoms with E-state index in [1.165, 1.54) is 0 Å². The van der Waals surface area contributed by atoms with Gasteiger partial charge in [0.25, 0.3) is 0 Å². The van der Waals surface area contributed by atoms with E-state index in [0.717, 1.165) is 0 Å². The molecule has 0 saturated heterocycles. The molecule has 1 aromatic carbocycles. The number of hydrogen-bond acceptors (Lipinski definition) is 6. The lowest BCUT2D eigenvalue weighted by Crippen LogP contribution is -2.12. The average Bonchev–Trinajstić information content (AvgIpc) is 2.48. The largest absolute Gasteiger partial charge is 0.491 e. The molecular formula is C15H23NO5. The third-order valence-corrected chi connectivity index (χ3v) is 2.61. The number of nitrogen functional groups attached to an aromatic ring is 1. The van der Waals surface area contributed by atoms with Crippen LogP contribution in [0.3, 0.4) is 0 Å². The number of methoxy groups -OCH3 is 1. The molecule has 21 heavy (non-hydrogen) atoms. The number of carbonyl (C=O) groups excluding carboxylic acids is 1. The molecule has 0 amide bonds. The summed E-state index contributed by atoms with van der Waals surface area (Å²) in [6.07, 6.45) is 0.862. The minimum absolute atomic E-state index is 0.193. The van der Waals surface area contributed by atoms with Gasteiger partial charge in [-0.3, -0.25) is 4.79 Å². The van der Waals surface area contributed by atoms with Crippen LogP contribution in [0, 0.1) is 0 Å². The Hall–Kier alpha value is -1.79. The molecule has 0 unspecified atom stereocenters. The Balaban J connectivity index is 2.00. The van der Waals surface area contributed by atoms with Crippen molar-refractivity contribution in [3.8, 4) is 5.75 Å². The minimum Gasteiger partial charge on any atom is -0.491 e. The Morgan fingerprint density at radius 2 is 1.90 bits per heavy atom. The van der Waals surface area contributed by atoms with Crippen LogP contribution >= 0.6 is 0 Å². The third-order valence-electron chi connectivity index (χ3n) is 2.61. The van der Waals surface area contributed by atoms with Gasteiger partial charge >= 0.3 is 5.97 Å². The number of benzene rings is 1. The van der Waals surface area contributed by atoms with Gasteiger partial charge in [-0.15, -0.1) is 0 Å². The maximum atomic E-state index is 11.5. The maximum Gasteiger partial charge on any atom is 0.309 e. The molecule has 0 saturated carbocycles. The van der Waals surface area contributed by atoms with Crippen molar-refractivity contribution in [2.75, 3.05) is 45.9 Å². The Labute approximate surface area is 125 Å². The lowest BCUT2D eigenvalue weighted by atomic mass is 10.3. The van der Waals surface area contributed by atoms with Crippen LogP contribution in [-0.4, -0.2) is 46.1 Å². The SMILES string of the molecule is COCCOCCCOC(=O)CCOc1ccccc1N. The number of hydrogen-bond donors (Lipinski definition) is 1. The summed E-state index contributed by atoms with van der Waals surface area (Å²) in [6, 6.07) is 7.16. The minimum atomic E-state index is -0.290. The van der Waals surface area contributed by atoms with E-state index in [9.17, 15) is 4.79 Å². The van der Waals surface area contributed by atoms with Crippen molar-refractivity contribution in [2.45, 2.75) is 12.8 Å². The van der Waals surface area contributed by atoms with Gasteiger partial charge in [0.05, 0.1) is 38.5 Å². The number of nitrogens with two attached hydrogens (primary N) is 1. The van der Waals surface area contributed by atoms with Crippen LogP contribution in [0.5, 0.6) is 5.75 Å². The normalized spacial score (nSPS) is 10.3. The number of ether oxygens (including phenoxy) is 4. The molecule has 6 heteroatoms. The monoisotopic (exact) mass is 297 g/mol. The Bertz CT molecular complexity index is 411. The van der Waals surface area contributed by atoms with Gasteiger partial charge < -0.3 is 24.7 Å². The molecular weight excluding hydrogens is 274 g/mol. The molecule has 2 N–H and O–H groups in total. The molecule has 0 aliphatic heterocycles. The Kier molecular flexibility index (Phi) is 8.99. The molecule has 1 rings (SSSR count). The fourth-order valence-electron chi connectivity index (χ4n) is 1.52. The molecule has 0 aromatic heterocycles. The predicted molar refractivity (Wildman–Crippen MR) is 79.2 cm³/mol. The molecule has 6 nitrogen and oxygen atoms in total. The first-order valence-electron chi connectivity index (χ1n) is 6.93. The summed E-state index contributed by atoms with van der Waals surface area (Å²) in [5.74, 6) is 0.290. The van der Waals surface area contributed by atoms with E-state index in [1.54, 1.807) is 19.2 Å². The quantitative estimate of drug-likeness (QED) is 0.380. The zero-order valence-electron chi connectivity index (χ0n) is 12.4. The second kappa shape index (κ2) is 10.9. The number of rotatable bonds is 11. The van der Waals surface area contributed by atoms with E-state index in [2.05, 4.69) is 0 Å². The zero-order valence-corrected chi connectivity index (χ0v) is 12.4. The van der Waals surface area contributed by atoms with Gasteiger partial charge in [0, 0.05) is 20.1 Å². The fraction of sp³-hybridized carbons (Fsp3) is 0.533. The molecule has 0 bridgehead atoms. The molecule has 0 radical (unpaired) electrons. The predicted octanol–water partition coefficient (Wildman–Crippen LogP) is 1.63. The number of para-hydroxylation sites is 2. The smallest absolute Gasteiger partial charge is 0.309 e. The highest BCUT2D eigenvalue weighted by molar-refractivity contribution is 5.69. The molecule has 0 heterocycles. The van der Waals surface area contributed by atoms with E-state index in [1.807, 2.05) is 12.1 Å². The van der Waals surface area contributed by atoms with Gasteiger partial charge in [0.15, 0.2) is 0 Å². The van der Waals surface area contributed by atoms with Crippen molar-refractivity contribution >= 4 is 11.7 Å². The van der Waals surface area contributed by atoms with Gasteiger partial charge in [-0.05, 0) is 12.1 Å². The highest BCUT2D eigenvalue weighted by Gasteiger charge is 2.04. The highest BCUT2D eigenvalue weighted by Crippen LogP contribution is 2.19. The first-order valence-corrected chi connectivity index (χ1v) is 6.93. The molecule has 0 atom stereocenters. The summed E-state index contributed by atoms with van der Waals surface area (Å²) in [4.78, 5) is 11.5. The van der Waals surface area contributed by atoms with E-state index in [4.69, 9.17) is 24.7 Å². The summed E-state index contributed by atoms with van der Waals surface area (Å²) in [6.45, 7) is 2.26.